The van der Waals surface area contributed by atoms with Gasteiger partial charge in [0.2, 0.25) is 0 Å². The molecule has 0 atom stereocenters. The van der Waals surface area contributed by atoms with E-state index in [1.54, 1.807) is 0 Å². The van der Waals surface area contributed by atoms with Crippen molar-refractivity contribution in [3.8, 4) is 0 Å². The molecule has 0 heterocycles. The number of rotatable bonds is 21. The van der Waals surface area contributed by atoms with Crippen LogP contribution in [0.15, 0.2) is 12.1 Å². The topological polar surface area (TPSA) is 77.0 Å². The lowest BCUT2D eigenvalue weighted by molar-refractivity contribution is 0.292. The molecule has 0 amide bonds. The molecule has 0 radical (unpaired) electrons. The number of hydrogen-bond donors (Lipinski definition) is 3. The maximum atomic E-state index is 9.51. The summed E-state index contributed by atoms with van der Waals surface area (Å²) >= 11 is 6.19. The lowest BCUT2D eigenvalue weighted by atomic mass is 9.89. The van der Waals surface area contributed by atoms with Crippen molar-refractivity contribution in [1.82, 2.24) is 6.15 Å². The summed E-state index contributed by atoms with van der Waals surface area (Å²) in [6, 6.07) is 4.19. The van der Waals surface area contributed by atoms with Gasteiger partial charge in [-0.15, -0.1) is 11.6 Å². The van der Waals surface area contributed by atoms with Gasteiger partial charge in [0.1, 0.15) is 0 Å². The normalized spacial score (nSPS) is 11.0. The van der Waals surface area contributed by atoms with Crippen LogP contribution >= 0.6 is 11.6 Å². The van der Waals surface area contributed by atoms with Gasteiger partial charge >= 0.3 is 0 Å². The van der Waals surface area contributed by atoms with Crippen molar-refractivity contribution in [3.05, 3.63) is 34.4 Å². The highest BCUT2D eigenvalue weighted by Crippen LogP contribution is 2.25. The molecule has 1 aromatic carbocycles. The second kappa shape index (κ2) is 22.2. The third-order valence-corrected chi connectivity index (χ3v) is 6.83. The number of aliphatic hydroxyl groups is 2. The molecular formula is C28H53ClNO2+. The van der Waals surface area contributed by atoms with Crippen LogP contribution in [0.4, 0.5) is 0 Å². The molecule has 0 unspecified atom stereocenters. The van der Waals surface area contributed by atoms with Crippen LogP contribution in [0.3, 0.4) is 0 Å². The average molecular weight is 471 g/mol. The second-order valence-electron chi connectivity index (χ2n) is 9.12. The number of alkyl halides is 1. The first-order valence-corrected chi connectivity index (χ1v) is 13.7. The van der Waals surface area contributed by atoms with Crippen LogP contribution in [0, 0.1) is 0 Å². The van der Waals surface area contributed by atoms with Crippen LogP contribution in [0.2, 0.25) is 0 Å². The second-order valence-corrected chi connectivity index (χ2v) is 9.39. The minimum Gasteiger partial charge on any atom is -0.396 e. The largest absolute Gasteiger partial charge is 0.396 e. The molecule has 0 fully saturated rings. The van der Waals surface area contributed by atoms with Crippen molar-refractivity contribution in [2.45, 2.75) is 128 Å². The Morgan fingerprint density at radius 1 is 0.562 bits per heavy atom. The van der Waals surface area contributed by atoms with E-state index in [2.05, 4.69) is 19.1 Å². The summed E-state index contributed by atoms with van der Waals surface area (Å²) in [5, 5.41) is 18.9. The zero-order valence-corrected chi connectivity index (χ0v) is 22.0. The highest BCUT2D eigenvalue weighted by molar-refractivity contribution is 6.17. The fourth-order valence-electron chi connectivity index (χ4n) is 4.68. The standard InChI is InChI=1S/C28H49ClO2.H3N/c1-2-3-4-5-6-7-8-9-10-11-12-13-14-15-16-17-27-26(24-29)19-18-25(20-22-30)28(27)21-23-31;/h18-19,30-31H,2-17,20-24H2,1H3;1H3/p+1. The van der Waals surface area contributed by atoms with Crippen LogP contribution in [-0.2, 0) is 25.1 Å². The van der Waals surface area contributed by atoms with Gasteiger partial charge in [0, 0.05) is 19.1 Å². The molecule has 0 aliphatic carbocycles. The molecule has 1 rings (SSSR count). The molecule has 188 valence electrons. The number of aliphatic hydroxyl groups excluding tert-OH is 2. The van der Waals surface area contributed by atoms with Crippen molar-refractivity contribution >= 4 is 11.6 Å². The third-order valence-electron chi connectivity index (χ3n) is 6.54. The van der Waals surface area contributed by atoms with Crippen LogP contribution in [0.25, 0.3) is 0 Å². The van der Waals surface area contributed by atoms with E-state index < -0.39 is 0 Å². The number of benzene rings is 1. The Morgan fingerprint density at radius 3 is 1.41 bits per heavy atom. The molecule has 0 saturated carbocycles. The molecular weight excluding hydrogens is 418 g/mol. The van der Waals surface area contributed by atoms with Crippen molar-refractivity contribution < 1.29 is 10.2 Å². The summed E-state index contributed by atoms with van der Waals surface area (Å²) in [5.74, 6) is 0.520. The SMILES string of the molecule is CCCCCCCCCCCCCCCCCc1c(CCl)ccc(CCO)c1CCO.[NH4+]. The first-order valence-electron chi connectivity index (χ1n) is 13.2. The van der Waals surface area contributed by atoms with Gasteiger partial charge in [0.05, 0.1) is 0 Å². The van der Waals surface area contributed by atoms with E-state index >= 15 is 0 Å². The van der Waals surface area contributed by atoms with Crippen molar-refractivity contribution in [1.29, 1.82) is 0 Å². The van der Waals surface area contributed by atoms with E-state index in [1.807, 2.05) is 0 Å². The van der Waals surface area contributed by atoms with E-state index in [1.165, 1.54) is 119 Å². The van der Waals surface area contributed by atoms with Crippen LogP contribution in [-0.4, -0.2) is 23.4 Å². The lowest BCUT2D eigenvalue weighted by Gasteiger charge is -2.17. The number of hydrogen-bond acceptors (Lipinski definition) is 2. The number of halogens is 1. The Labute approximate surface area is 203 Å². The van der Waals surface area contributed by atoms with Gasteiger partial charge in [-0.3, -0.25) is 0 Å². The van der Waals surface area contributed by atoms with E-state index in [0.717, 1.165) is 6.42 Å². The molecule has 32 heavy (non-hydrogen) atoms. The maximum Gasteiger partial charge on any atom is 0.0476 e. The molecule has 0 bridgehead atoms. The molecule has 0 aliphatic heterocycles. The molecule has 1 aromatic rings. The highest BCUT2D eigenvalue weighted by atomic mass is 35.5. The molecule has 0 aromatic heterocycles. The van der Waals surface area contributed by atoms with E-state index in [0.29, 0.717) is 18.7 Å². The fourth-order valence-corrected chi connectivity index (χ4v) is 4.93. The van der Waals surface area contributed by atoms with Gasteiger partial charge in [0.25, 0.3) is 0 Å². The molecule has 4 heteroatoms. The van der Waals surface area contributed by atoms with Gasteiger partial charge in [-0.2, -0.15) is 0 Å². The quantitative estimate of drug-likeness (QED) is 0.125. The molecule has 6 N–H and O–H groups in total. The summed E-state index contributed by atoms with van der Waals surface area (Å²) in [6.07, 6.45) is 23.0. The van der Waals surface area contributed by atoms with E-state index in [-0.39, 0.29) is 19.4 Å². The molecule has 0 saturated heterocycles. The zero-order chi connectivity index (χ0) is 22.6. The van der Waals surface area contributed by atoms with Crippen molar-refractivity contribution in [2.24, 2.45) is 0 Å². The van der Waals surface area contributed by atoms with Gasteiger partial charge in [0.15, 0.2) is 0 Å². The Hall–Kier alpha value is -0.610. The van der Waals surface area contributed by atoms with E-state index in [9.17, 15) is 10.2 Å². The highest BCUT2D eigenvalue weighted by Gasteiger charge is 2.12. The maximum absolute atomic E-state index is 9.51. The molecule has 0 spiro atoms. The average Bonchev–Trinajstić information content (AvgIpc) is 2.78. The third kappa shape index (κ3) is 13.8. The molecule has 3 nitrogen and oxygen atoms in total. The van der Waals surface area contributed by atoms with Crippen molar-refractivity contribution in [2.75, 3.05) is 13.2 Å². The van der Waals surface area contributed by atoms with Crippen LogP contribution in [0.5, 0.6) is 0 Å². The smallest absolute Gasteiger partial charge is 0.0476 e. The van der Waals surface area contributed by atoms with Gasteiger partial charge in [-0.05, 0) is 47.9 Å². The summed E-state index contributed by atoms with van der Waals surface area (Å²) < 4.78 is 0. The molecule has 0 aliphatic rings. The van der Waals surface area contributed by atoms with Crippen molar-refractivity contribution in [3.63, 3.8) is 0 Å². The Kier molecular flexibility index (Phi) is 21.8. The first kappa shape index (κ1) is 31.4. The summed E-state index contributed by atoms with van der Waals surface area (Å²) in [5.41, 5.74) is 4.91. The summed E-state index contributed by atoms with van der Waals surface area (Å²) in [6.45, 7) is 2.58. The lowest BCUT2D eigenvalue weighted by Crippen LogP contribution is -2.08. The van der Waals surface area contributed by atoms with Gasteiger partial charge < -0.3 is 16.4 Å². The van der Waals surface area contributed by atoms with Crippen LogP contribution < -0.4 is 6.15 Å². The Morgan fingerprint density at radius 2 is 0.969 bits per heavy atom. The predicted octanol–water partition coefficient (Wildman–Crippen LogP) is 8.29. The minimum absolute atomic E-state index is 0. The monoisotopic (exact) mass is 470 g/mol. The minimum atomic E-state index is 0. The Bertz CT molecular complexity index is 550. The number of unbranched alkanes of at least 4 members (excludes halogenated alkanes) is 14. The summed E-state index contributed by atoms with van der Waals surface area (Å²) in [7, 11) is 0. The fraction of sp³-hybridized carbons (Fsp3) is 0.786. The van der Waals surface area contributed by atoms with E-state index in [4.69, 9.17) is 11.6 Å². The summed E-state index contributed by atoms with van der Waals surface area (Å²) in [4.78, 5) is 0. The van der Waals surface area contributed by atoms with Gasteiger partial charge in [-0.25, -0.2) is 0 Å². The van der Waals surface area contributed by atoms with Crippen LogP contribution in [0.1, 0.15) is 125 Å². The Balaban J connectivity index is 0.00000961. The van der Waals surface area contributed by atoms with Gasteiger partial charge in [-0.1, -0.05) is 109 Å². The zero-order valence-electron chi connectivity index (χ0n) is 21.3. The number of quaternary nitrogens is 1. The first-order chi connectivity index (χ1) is 15.3. The predicted molar refractivity (Wildman–Crippen MR) is 142 cm³/mol.